The zero-order chi connectivity index (χ0) is 26.4. The second-order valence-electron chi connectivity index (χ2n) is 8.64. The number of nitrogens with one attached hydrogen (secondary N) is 4. The van der Waals surface area contributed by atoms with Crippen LogP contribution in [0.3, 0.4) is 0 Å². The minimum Gasteiger partial charge on any atom is -0.480 e. The minimum atomic E-state index is -1.15. The number of carboxylic acid groups (broad SMARTS) is 1. The third kappa shape index (κ3) is 11.1. The summed E-state index contributed by atoms with van der Waals surface area (Å²) in [6.45, 7) is 3.81. The molecule has 1 rings (SSSR count). The molecule has 35 heavy (non-hydrogen) atoms. The Balaban J connectivity index is 2.92. The summed E-state index contributed by atoms with van der Waals surface area (Å²) < 4.78 is 0. The zero-order valence-electron chi connectivity index (χ0n) is 20.6. The van der Waals surface area contributed by atoms with Gasteiger partial charge >= 0.3 is 5.97 Å². The number of thioether (sulfide) groups is 1. The van der Waals surface area contributed by atoms with Crippen molar-refractivity contribution in [3.8, 4) is 0 Å². The highest BCUT2D eigenvalue weighted by molar-refractivity contribution is 7.98. The van der Waals surface area contributed by atoms with Crippen LogP contribution >= 0.6 is 11.8 Å². The third-order valence-corrected chi connectivity index (χ3v) is 6.03. The Bertz CT molecular complexity index is 806. The molecule has 3 amide bonds. The predicted molar refractivity (Wildman–Crippen MR) is 134 cm³/mol. The second-order valence-corrected chi connectivity index (χ2v) is 9.63. The standard InChI is InChI=1S/C22H39N7O5S/c1-13(2)18(22(33)34)29-21(32)17(7-9-35-3)28-20(31)16(6-4-5-8-23)27-19(30)15(24)10-14-11-25-12-26-14/h11-13,15-18H,4-10,23-24H2,1-3H3,(H,25,26)(H,27,30)(H,28,31)(H,29,32)(H,33,34). The van der Waals surface area contributed by atoms with Gasteiger partial charge in [-0.1, -0.05) is 13.8 Å². The maximum Gasteiger partial charge on any atom is 0.326 e. The van der Waals surface area contributed by atoms with Crippen molar-refractivity contribution < 1.29 is 24.3 Å². The van der Waals surface area contributed by atoms with Crippen LogP contribution in [0.4, 0.5) is 0 Å². The van der Waals surface area contributed by atoms with E-state index in [1.807, 2.05) is 6.26 Å². The van der Waals surface area contributed by atoms with Gasteiger partial charge in [0.15, 0.2) is 0 Å². The molecule has 0 saturated carbocycles. The zero-order valence-corrected chi connectivity index (χ0v) is 21.4. The molecule has 12 nitrogen and oxygen atoms in total. The average Bonchev–Trinajstić information content (AvgIpc) is 3.31. The largest absolute Gasteiger partial charge is 0.480 e. The van der Waals surface area contributed by atoms with Crippen LogP contribution in [0.15, 0.2) is 12.5 Å². The lowest BCUT2D eigenvalue weighted by atomic mass is 10.0. The summed E-state index contributed by atoms with van der Waals surface area (Å²) in [4.78, 5) is 57.0. The summed E-state index contributed by atoms with van der Waals surface area (Å²) in [5, 5.41) is 17.3. The molecule has 13 heteroatoms. The molecule has 0 aliphatic rings. The molecule has 0 bridgehead atoms. The number of carbonyl (C=O) groups is 4. The smallest absolute Gasteiger partial charge is 0.326 e. The minimum absolute atomic E-state index is 0.216. The molecule has 0 fully saturated rings. The molecule has 4 unspecified atom stereocenters. The van der Waals surface area contributed by atoms with Gasteiger partial charge in [0.25, 0.3) is 0 Å². The van der Waals surface area contributed by atoms with Crippen molar-refractivity contribution in [1.82, 2.24) is 25.9 Å². The fraction of sp³-hybridized carbons (Fsp3) is 0.682. The summed E-state index contributed by atoms with van der Waals surface area (Å²) in [5.74, 6) is -2.56. The quantitative estimate of drug-likeness (QED) is 0.132. The SMILES string of the molecule is CSCCC(NC(=O)C(CCCCN)NC(=O)C(N)Cc1cnc[nH]1)C(=O)NC(C(=O)O)C(C)C. The highest BCUT2D eigenvalue weighted by atomic mass is 32.2. The molecule has 0 aliphatic carbocycles. The number of H-pyrrole nitrogens is 1. The molecule has 0 saturated heterocycles. The Morgan fingerprint density at radius 1 is 1.06 bits per heavy atom. The number of amides is 3. The van der Waals surface area contributed by atoms with Crippen LogP contribution in [-0.4, -0.2) is 81.5 Å². The molecule has 198 valence electrons. The molecule has 4 atom stereocenters. The van der Waals surface area contributed by atoms with Crippen LogP contribution in [0.1, 0.15) is 45.2 Å². The number of aromatic amines is 1. The molecule has 0 spiro atoms. The number of unbranched alkanes of at least 4 members (excludes halogenated alkanes) is 1. The van der Waals surface area contributed by atoms with Crippen molar-refractivity contribution in [2.24, 2.45) is 17.4 Å². The molecular formula is C22H39N7O5S. The molecule has 0 radical (unpaired) electrons. The number of nitrogens with two attached hydrogens (primary N) is 2. The maximum atomic E-state index is 13.1. The Hall–Kier alpha value is -2.64. The van der Waals surface area contributed by atoms with Gasteiger partial charge in [-0.05, 0) is 50.2 Å². The lowest BCUT2D eigenvalue weighted by Crippen LogP contribution is -2.57. The number of aromatic nitrogens is 2. The van der Waals surface area contributed by atoms with E-state index in [9.17, 15) is 24.3 Å². The Labute approximate surface area is 210 Å². The van der Waals surface area contributed by atoms with Crippen LogP contribution < -0.4 is 27.4 Å². The number of hydrogen-bond acceptors (Lipinski definition) is 8. The van der Waals surface area contributed by atoms with E-state index in [-0.39, 0.29) is 12.3 Å². The van der Waals surface area contributed by atoms with Gasteiger partial charge < -0.3 is 37.5 Å². The van der Waals surface area contributed by atoms with Gasteiger partial charge in [-0.25, -0.2) is 9.78 Å². The van der Waals surface area contributed by atoms with E-state index in [1.54, 1.807) is 20.0 Å². The number of aliphatic carboxylic acids is 1. The second kappa shape index (κ2) is 16.1. The highest BCUT2D eigenvalue weighted by Gasteiger charge is 2.31. The molecular weight excluding hydrogens is 474 g/mol. The highest BCUT2D eigenvalue weighted by Crippen LogP contribution is 2.08. The topological polar surface area (TPSA) is 205 Å². The number of hydrogen-bond donors (Lipinski definition) is 7. The van der Waals surface area contributed by atoms with E-state index in [2.05, 4.69) is 25.9 Å². The Kier molecular flexibility index (Phi) is 14.0. The normalized spacial score (nSPS) is 14.6. The molecule has 0 aromatic carbocycles. The van der Waals surface area contributed by atoms with Crippen LogP contribution in [-0.2, 0) is 25.6 Å². The van der Waals surface area contributed by atoms with E-state index in [4.69, 9.17) is 11.5 Å². The molecule has 0 aliphatic heterocycles. The fourth-order valence-corrected chi connectivity index (χ4v) is 3.78. The summed E-state index contributed by atoms with van der Waals surface area (Å²) in [6, 6.07) is -3.87. The van der Waals surface area contributed by atoms with Gasteiger partial charge in [0.1, 0.15) is 18.1 Å². The summed E-state index contributed by atoms with van der Waals surface area (Å²) in [7, 11) is 0. The summed E-state index contributed by atoms with van der Waals surface area (Å²) in [5.41, 5.74) is 12.3. The lowest BCUT2D eigenvalue weighted by Gasteiger charge is -2.26. The van der Waals surface area contributed by atoms with Crippen molar-refractivity contribution in [1.29, 1.82) is 0 Å². The van der Waals surface area contributed by atoms with Crippen LogP contribution in [0.5, 0.6) is 0 Å². The summed E-state index contributed by atoms with van der Waals surface area (Å²) in [6.07, 6.45) is 6.98. The van der Waals surface area contributed by atoms with Crippen molar-refractivity contribution in [2.45, 2.75) is 70.1 Å². The molecule has 1 heterocycles. The first-order chi connectivity index (χ1) is 16.6. The van der Waals surface area contributed by atoms with Crippen LogP contribution in [0.2, 0.25) is 0 Å². The van der Waals surface area contributed by atoms with E-state index < -0.39 is 47.9 Å². The average molecular weight is 514 g/mol. The fourth-order valence-electron chi connectivity index (χ4n) is 3.31. The number of carboxylic acids is 1. The molecule has 9 N–H and O–H groups in total. The van der Waals surface area contributed by atoms with Gasteiger partial charge in [-0.3, -0.25) is 14.4 Å². The number of carbonyl (C=O) groups excluding carboxylic acids is 3. The van der Waals surface area contributed by atoms with Gasteiger partial charge in [-0.2, -0.15) is 11.8 Å². The van der Waals surface area contributed by atoms with Crippen molar-refractivity contribution in [3.63, 3.8) is 0 Å². The van der Waals surface area contributed by atoms with E-state index in [0.717, 1.165) is 0 Å². The molecule has 1 aromatic rings. The molecule has 1 aromatic heterocycles. The Morgan fingerprint density at radius 2 is 1.69 bits per heavy atom. The number of rotatable bonds is 17. The van der Waals surface area contributed by atoms with Gasteiger partial charge in [0.05, 0.1) is 12.4 Å². The lowest BCUT2D eigenvalue weighted by molar-refractivity contribution is -0.143. The predicted octanol–water partition coefficient (Wildman–Crippen LogP) is -0.643. The van der Waals surface area contributed by atoms with Crippen molar-refractivity contribution >= 4 is 35.5 Å². The third-order valence-electron chi connectivity index (χ3n) is 5.39. The van der Waals surface area contributed by atoms with Gasteiger partial charge in [-0.15, -0.1) is 0 Å². The number of nitrogens with zero attached hydrogens (tertiary/aromatic N) is 1. The van der Waals surface area contributed by atoms with E-state index in [1.165, 1.54) is 18.1 Å². The first-order valence-electron chi connectivity index (χ1n) is 11.7. The van der Waals surface area contributed by atoms with Crippen LogP contribution in [0.25, 0.3) is 0 Å². The van der Waals surface area contributed by atoms with Gasteiger partial charge in [0, 0.05) is 18.3 Å². The van der Waals surface area contributed by atoms with E-state index in [0.29, 0.717) is 43.7 Å². The number of imidazole rings is 1. The maximum absolute atomic E-state index is 13.1. The van der Waals surface area contributed by atoms with E-state index >= 15 is 0 Å². The Morgan fingerprint density at radius 3 is 2.23 bits per heavy atom. The van der Waals surface area contributed by atoms with Gasteiger partial charge in [0.2, 0.25) is 17.7 Å². The first kappa shape index (κ1) is 30.4. The first-order valence-corrected chi connectivity index (χ1v) is 13.1. The van der Waals surface area contributed by atoms with Crippen molar-refractivity contribution in [2.75, 3.05) is 18.6 Å². The van der Waals surface area contributed by atoms with Crippen LogP contribution in [0, 0.1) is 5.92 Å². The summed E-state index contributed by atoms with van der Waals surface area (Å²) >= 11 is 1.49. The monoisotopic (exact) mass is 513 g/mol. The van der Waals surface area contributed by atoms with Crippen molar-refractivity contribution in [3.05, 3.63) is 18.2 Å².